The fourth-order valence-electron chi connectivity index (χ4n) is 2.89. The maximum Gasteiger partial charge on any atom is 0.508 e. The van der Waals surface area contributed by atoms with Crippen LogP contribution >= 0.6 is 0 Å². The first-order valence-electron chi connectivity index (χ1n) is 8.80. The molecule has 5 N–H and O–H groups in total. The minimum atomic E-state index is -1.86. The third-order valence-corrected chi connectivity index (χ3v) is 4.27. The molecule has 0 radical (unpaired) electrons. The second-order valence-electron chi connectivity index (χ2n) is 6.36. The standard InChI is InChI=1S/C18H15BFN7O3/c20-11-4-1-3-10(7-11)9-22-14-8-13(19(29)30)23-16(24-14)18-26-25-17-12(15(21)28)5-2-6-27(17)18/h1-8,29-30H,9H2,(H2,21,28)(H,22,23,24). The molecule has 150 valence electrons. The number of carbonyl (C=O) groups excluding carboxylic acids is 1. The van der Waals surface area contributed by atoms with E-state index in [2.05, 4.69) is 25.5 Å². The summed E-state index contributed by atoms with van der Waals surface area (Å²) in [6.07, 6.45) is 1.60. The molecule has 3 aromatic heterocycles. The number of pyridine rings is 1. The van der Waals surface area contributed by atoms with Crippen LogP contribution in [0.25, 0.3) is 17.3 Å². The summed E-state index contributed by atoms with van der Waals surface area (Å²) in [5, 5.41) is 30.2. The van der Waals surface area contributed by atoms with Crippen molar-refractivity contribution in [1.29, 1.82) is 0 Å². The van der Waals surface area contributed by atoms with Crippen molar-refractivity contribution in [2.75, 3.05) is 5.32 Å². The molecular weight excluding hydrogens is 392 g/mol. The van der Waals surface area contributed by atoms with Crippen molar-refractivity contribution in [1.82, 2.24) is 24.6 Å². The fourth-order valence-corrected chi connectivity index (χ4v) is 2.89. The van der Waals surface area contributed by atoms with E-state index in [1.165, 1.54) is 28.7 Å². The Bertz CT molecular complexity index is 1250. The van der Waals surface area contributed by atoms with Crippen molar-refractivity contribution in [3.05, 3.63) is 65.6 Å². The van der Waals surface area contributed by atoms with Crippen LogP contribution < -0.4 is 16.6 Å². The van der Waals surface area contributed by atoms with Crippen molar-refractivity contribution < 1.29 is 19.2 Å². The van der Waals surface area contributed by atoms with Gasteiger partial charge < -0.3 is 21.1 Å². The minimum Gasteiger partial charge on any atom is -0.422 e. The van der Waals surface area contributed by atoms with Crippen molar-refractivity contribution in [2.24, 2.45) is 5.73 Å². The van der Waals surface area contributed by atoms with Gasteiger partial charge in [0.15, 0.2) is 11.5 Å². The number of halogens is 1. The Morgan fingerprint density at radius 1 is 1.17 bits per heavy atom. The smallest absolute Gasteiger partial charge is 0.422 e. The number of rotatable bonds is 6. The molecule has 0 saturated heterocycles. The molecule has 0 atom stereocenters. The van der Waals surface area contributed by atoms with Crippen molar-refractivity contribution in [2.45, 2.75) is 6.54 Å². The number of anilines is 1. The largest absolute Gasteiger partial charge is 0.508 e. The molecule has 0 aliphatic heterocycles. The number of hydrogen-bond donors (Lipinski definition) is 4. The third-order valence-electron chi connectivity index (χ3n) is 4.27. The monoisotopic (exact) mass is 407 g/mol. The Kier molecular flexibility index (Phi) is 5.08. The van der Waals surface area contributed by atoms with E-state index in [0.717, 1.165) is 0 Å². The molecule has 1 aromatic carbocycles. The number of hydrogen-bond acceptors (Lipinski definition) is 8. The van der Waals surface area contributed by atoms with Gasteiger partial charge in [-0.05, 0) is 35.9 Å². The molecule has 4 rings (SSSR count). The summed E-state index contributed by atoms with van der Waals surface area (Å²) < 4.78 is 14.9. The van der Waals surface area contributed by atoms with Gasteiger partial charge in [0.05, 0.1) is 11.2 Å². The van der Waals surface area contributed by atoms with E-state index in [9.17, 15) is 19.2 Å². The van der Waals surface area contributed by atoms with Crippen LogP contribution in [0.1, 0.15) is 15.9 Å². The highest BCUT2D eigenvalue weighted by Crippen LogP contribution is 2.18. The minimum absolute atomic E-state index is 0.0384. The van der Waals surface area contributed by atoms with Gasteiger partial charge in [-0.2, -0.15) is 0 Å². The van der Waals surface area contributed by atoms with E-state index in [4.69, 9.17) is 5.73 Å². The molecule has 0 aliphatic rings. The highest BCUT2D eigenvalue weighted by molar-refractivity contribution is 6.57. The molecule has 0 spiro atoms. The molecule has 4 aromatic rings. The topological polar surface area (TPSA) is 152 Å². The van der Waals surface area contributed by atoms with Gasteiger partial charge in [0, 0.05) is 12.7 Å². The summed E-state index contributed by atoms with van der Waals surface area (Å²) in [7, 11) is -1.86. The van der Waals surface area contributed by atoms with Crippen molar-refractivity contribution in [3.63, 3.8) is 0 Å². The predicted molar refractivity (Wildman–Crippen MR) is 106 cm³/mol. The first-order chi connectivity index (χ1) is 14.4. The van der Waals surface area contributed by atoms with E-state index < -0.39 is 13.0 Å². The summed E-state index contributed by atoms with van der Waals surface area (Å²) >= 11 is 0. The van der Waals surface area contributed by atoms with Gasteiger partial charge in [-0.15, -0.1) is 10.2 Å². The Hall–Kier alpha value is -3.90. The number of nitrogens with one attached hydrogen (secondary N) is 1. The number of nitrogens with zero attached hydrogens (tertiary/aromatic N) is 5. The zero-order chi connectivity index (χ0) is 21.3. The van der Waals surface area contributed by atoms with E-state index in [1.54, 1.807) is 24.4 Å². The molecular formula is C18H15BFN7O3. The van der Waals surface area contributed by atoms with Crippen LogP contribution in [-0.4, -0.2) is 47.6 Å². The third kappa shape index (κ3) is 3.81. The van der Waals surface area contributed by atoms with E-state index in [-0.39, 0.29) is 46.6 Å². The molecule has 3 heterocycles. The van der Waals surface area contributed by atoms with Gasteiger partial charge in [-0.3, -0.25) is 9.20 Å². The summed E-state index contributed by atoms with van der Waals surface area (Å²) in [6.45, 7) is 0.238. The number of amides is 1. The Balaban J connectivity index is 1.74. The van der Waals surface area contributed by atoms with Crippen LogP contribution in [-0.2, 0) is 6.54 Å². The van der Waals surface area contributed by atoms with Crippen LogP contribution in [0.2, 0.25) is 0 Å². The van der Waals surface area contributed by atoms with Crippen LogP contribution in [0, 0.1) is 5.82 Å². The molecule has 0 aliphatic carbocycles. The number of primary amides is 1. The van der Waals surface area contributed by atoms with Gasteiger partial charge in [-0.25, -0.2) is 14.4 Å². The van der Waals surface area contributed by atoms with Gasteiger partial charge in [0.1, 0.15) is 11.6 Å². The number of benzene rings is 1. The van der Waals surface area contributed by atoms with Gasteiger partial charge in [0.25, 0.3) is 5.91 Å². The molecule has 10 nitrogen and oxygen atoms in total. The highest BCUT2D eigenvalue weighted by atomic mass is 19.1. The summed E-state index contributed by atoms with van der Waals surface area (Å²) in [6, 6.07) is 10.5. The number of carbonyl (C=O) groups is 1. The van der Waals surface area contributed by atoms with Gasteiger partial charge in [-0.1, -0.05) is 12.1 Å². The lowest BCUT2D eigenvalue weighted by Crippen LogP contribution is -2.33. The Morgan fingerprint density at radius 3 is 2.73 bits per heavy atom. The molecule has 0 bridgehead atoms. The number of fused-ring (bicyclic) bond motifs is 1. The number of nitrogens with two attached hydrogens (primary N) is 1. The zero-order valence-corrected chi connectivity index (χ0v) is 15.4. The SMILES string of the molecule is NC(=O)c1cccn2c(-c3nc(NCc4cccc(F)c4)cc(B(O)O)n3)nnc12. The second kappa shape index (κ2) is 7.85. The molecule has 12 heteroatoms. The fraction of sp³-hybridized carbons (Fsp3) is 0.0556. The van der Waals surface area contributed by atoms with E-state index >= 15 is 0 Å². The quantitative estimate of drug-likeness (QED) is 0.319. The maximum atomic E-state index is 13.4. The second-order valence-corrected chi connectivity index (χ2v) is 6.36. The molecule has 30 heavy (non-hydrogen) atoms. The van der Waals surface area contributed by atoms with E-state index in [1.807, 2.05) is 0 Å². The van der Waals surface area contributed by atoms with Crippen LogP contribution in [0.5, 0.6) is 0 Å². The first kappa shape index (κ1) is 19.4. The predicted octanol–water partition coefficient (Wildman–Crippen LogP) is -0.284. The van der Waals surface area contributed by atoms with Gasteiger partial charge in [0.2, 0.25) is 5.82 Å². The van der Waals surface area contributed by atoms with E-state index in [0.29, 0.717) is 5.56 Å². The van der Waals surface area contributed by atoms with Gasteiger partial charge >= 0.3 is 7.12 Å². The Morgan fingerprint density at radius 2 is 2.00 bits per heavy atom. The normalized spacial score (nSPS) is 10.9. The maximum absolute atomic E-state index is 13.4. The zero-order valence-electron chi connectivity index (χ0n) is 15.4. The molecule has 1 amide bonds. The van der Waals surface area contributed by atoms with Crippen LogP contribution in [0.15, 0.2) is 48.7 Å². The summed E-state index contributed by atoms with van der Waals surface area (Å²) in [5.41, 5.74) is 6.34. The first-order valence-corrected chi connectivity index (χ1v) is 8.80. The van der Waals surface area contributed by atoms with Crippen molar-refractivity contribution >= 4 is 30.1 Å². The highest BCUT2D eigenvalue weighted by Gasteiger charge is 2.21. The van der Waals surface area contributed by atoms with Crippen LogP contribution in [0.4, 0.5) is 10.2 Å². The lowest BCUT2D eigenvalue weighted by atomic mass is 9.86. The lowest BCUT2D eigenvalue weighted by Gasteiger charge is -2.10. The molecule has 0 saturated carbocycles. The summed E-state index contributed by atoms with van der Waals surface area (Å²) in [5.74, 6) is -0.571. The molecule has 0 unspecified atom stereocenters. The lowest BCUT2D eigenvalue weighted by molar-refractivity contribution is 0.100. The Labute approximate surface area is 169 Å². The van der Waals surface area contributed by atoms with Crippen molar-refractivity contribution in [3.8, 4) is 11.6 Å². The number of aromatic nitrogens is 5. The molecule has 0 fully saturated rings. The summed E-state index contributed by atoms with van der Waals surface area (Å²) in [4.78, 5) is 20.1. The average Bonchev–Trinajstić information content (AvgIpc) is 3.16. The average molecular weight is 407 g/mol. The van der Waals surface area contributed by atoms with Crippen LogP contribution in [0.3, 0.4) is 0 Å².